The Morgan fingerprint density at radius 3 is 2.73 bits per heavy atom. The molecule has 0 spiro atoms. The topological polar surface area (TPSA) is 101 Å². The van der Waals surface area contributed by atoms with Gasteiger partial charge in [-0.3, -0.25) is 19.4 Å². The second kappa shape index (κ2) is 9.02. The number of carbonyl (C=O) groups is 2. The molecule has 170 valence electrons. The van der Waals surface area contributed by atoms with Gasteiger partial charge in [-0.05, 0) is 54.7 Å². The zero-order chi connectivity index (χ0) is 23.6. The van der Waals surface area contributed by atoms with E-state index in [1.165, 1.54) is 6.07 Å². The molecule has 2 N–H and O–H groups in total. The number of benzene rings is 1. The fourth-order valence-corrected chi connectivity index (χ4v) is 4.07. The fourth-order valence-electron chi connectivity index (χ4n) is 4.07. The molecule has 33 heavy (non-hydrogen) atoms. The molecule has 0 saturated carbocycles. The van der Waals surface area contributed by atoms with Crippen molar-refractivity contribution in [3.05, 3.63) is 93.2 Å². The molecule has 1 atom stereocenters. The Hall–Kier alpha value is -3.74. The molecule has 2 aromatic heterocycles. The van der Waals surface area contributed by atoms with Gasteiger partial charge in [0.1, 0.15) is 17.9 Å². The number of nitrogens with one attached hydrogen (secondary N) is 2. The minimum atomic E-state index is -0.524. The second-order valence-electron chi connectivity index (χ2n) is 9.22. The molecule has 1 unspecified atom stereocenters. The third-order valence-electron chi connectivity index (χ3n) is 5.78. The van der Waals surface area contributed by atoms with Crippen LogP contribution in [0.3, 0.4) is 0 Å². The van der Waals surface area contributed by atoms with Gasteiger partial charge in [-0.1, -0.05) is 32.0 Å². The van der Waals surface area contributed by atoms with Crippen molar-refractivity contribution in [1.82, 2.24) is 15.3 Å². The minimum absolute atomic E-state index is 0.0580. The molecule has 3 aromatic rings. The smallest absolute Gasteiger partial charge is 0.261 e. The van der Waals surface area contributed by atoms with Crippen LogP contribution in [0.2, 0.25) is 0 Å². The molecule has 1 aromatic carbocycles. The van der Waals surface area contributed by atoms with E-state index >= 15 is 0 Å². The second-order valence-corrected chi connectivity index (χ2v) is 9.22. The lowest BCUT2D eigenvalue weighted by atomic mass is 9.75. The van der Waals surface area contributed by atoms with Crippen LogP contribution in [-0.4, -0.2) is 21.7 Å². The van der Waals surface area contributed by atoms with Gasteiger partial charge in [0.15, 0.2) is 5.78 Å². The lowest BCUT2D eigenvalue weighted by Gasteiger charge is -2.29. The molecule has 0 radical (unpaired) electrons. The zero-order valence-corrected chi connectivity index (χ0v) is 19.0. The van der Waals surface area contributed by atoms with Gasteiger partial charge < -0.3 is 15.0 Å². The van der Waals surface area contributed by atoms with Crippen LogP contribution in [0.15, 0.2) is 59.5 Å². The summed E-state index contributed by atoms with van der Waals surface area (Å²) < 4.78 is 5.81. The van der Waals surface area contributed by atoms with Crippen LogP contribution < -0.4 is 15.6 Å². The Morgan fingerprint density at radius 1 is 1.15 bits per heavy atom. The molecule has 7 heteroatoms. The van der Waals surface area contributed by atoms with E-state index in [2.05, 4.69) is 15.3 Å². The molecule has 2 heterocycles. The van der Waals surface area contributed by atoms with Gasteiger partial charge in [0, 0.05) is 23.9 Å². The highest BCUT2D eigenvalue weighted by Crippen LogP contribution is 2.33. The summed E-state index contributed by atoms with van der Waals surface area (Å²) >= 11 is 0. The summed E-state index contributed by atoms with van der Waals surface area (Å²) in [5, 5.41) is 2.85. The lowest BCUT2D eigenvalue weighted by molar-refractivity contribution is 0.0910. The third kappa shape index (κ3) is 5.19. The molecular formula is C26H27N3O4. The van der Waals surface area contributed by atoms with Gasteiger partial charge in [0.2, 0.25) is 0 Å². The number of aromatic amines is 1. The van der Waals surface area contributed by atoms with Crippen molar-refractivity contribution in [2.45, 2.75) is 46.3 Å². The number of carbonyl (C=O) groups excluding carboxylic acids is 2. The van der Waals surface area contributed by atoms with E-state index in [0.29, 0.717) is 36.5 Å². The first-order valence-corrected chi connectivity index (χ1v) is 10.9. The number of pyridine rings is 2. The van der Waals surface area contributed by atoms with Crippen molar-refractivity contribution in [3.63, 3.8) is 0 Å². The first-order chi connectivity index (χ1) is 15.7. The van der Waals surface area contributed by atoms with Crippen LogP contribution in [0, 0.1) is 5.41 Å². The number of hydrogen-bond acceptors (Lipinski definition) is 5. The van der Waals surface area contributed by atoms with Crippen LogP contribution in [0.1, 0.15) is 70.9 Å². The number of ether oxygens (including phenoxy) is 1. The maximum absolute atomic E-state index is 12.9. The van der Waals surface area contributed by atoms with Crippen LogP contribution in [0.4, 0.5) is 0 Å². The SMILES string of the molecule is CC(NC(=O)c1cc2c([nH]c1=O)CC(C)(C)CC2=O)c1cccc(OCc2ccccn2)c1. The van der Waals surface area contributed by atoms with E-state index in [1.807, 2.05) is 63.2 Å². The highest BCUT2D eigenvalue weighted by molar-refractivity contribution is 6.02. The van der Waals surface area contributed by atoms with Crippen LogP contribution in [0.5, 0.6) is 5.75 Å². The molecule has 1 aliphatic carbocycles. The lowest BCUT2D eigenvalue weighted by Crippen LogP contribution is -2.35. The van der Waals surface area contributed by atoms with Crippen LogP contribution in [-0.2, 0) is 13.0 Å². The van der Waals surface area contributed by atoms with Gasteiger partial charge in [0.25, 0.3) is 11.5 Å². The number of nitrogens with zero attached hydrogens (tertiary/aromatic N) is 1. The number of ketones is 1. The van der Waals surface area contributed by atoms with Crippen LogP contribution >= 0.6 is 0 Å². The molecule has 4 rings (SSSR count). The average molecular weight is 446 g/mol. The quantitative estimate of drug-likeness (QED) is 0.597. The summed E-state index contributed by atoms with van der Waals surface area (Å²) in [6, 6.07) is 14.1. The van der Waals surface area contributed by atoms with Crippen molar-refractivity contribution in [2.24, 2.45) is 5.41 Å². The molecule has 1 aliphatic rings. The van der Waals surface area contributed by atoms with Gasteiger partial charge in [-0.15, -0.1) is 0 Å². The molecule has 1 amide bonds. The normalized spacial score (nSPS) is 15.4. The molecule has 0 fully saturated rings. The molecule has 0 bridgehead atoms. The van der Waals surface area contributed by atoms with E-state index in [4.69, 9.17) is 4.74 Å². The number of amides is 1. The number of Topliss-reactive ketones (excluding diaryl/α,β-unsaturated/α-hetero) is 1. The zero-order valence-electron chi connectivity index (χ0n) is 19.0. The van der Waals surface area contributed by atoms with Gasteiger partial charge >= 0.3 is 0 Å². The molecule has 7 nitrogen and oxygen atoms in total. The Morgan fingerprint density at radius 2 is 1.97 bits per heavy atom. The number of rotatable bonds is 6. The molecule has 0 aliphatic heterocycles. The van der Waals surface area contributed by atoms with Crippen molar-refractivity contribution in [3.8, 4) is 5.75 Å². The Labute approximate surface area is 192 Å². The average Bonchev–Trinajstić information content (AvgIpc) is 2.77. The predicted molar refractivity (Wildman–Crippen MR) is 124 cm³/mol. The molecule has 0 saturated heterocycles. The van der Waals surface area contributed by atoms with Gasteiger partial charge in [-0.25, -0.2) is 0 Å². The van der Waals surface area contributed by atoms with E-state index < -0.39 is 11.5 Å². The van der Waals surface area contributed by atoms with Gasteiger partial charge in [0.05, 0.1) is 11.7 Å². The van der Waals surface area contributed by atoms with E-state index in [0.717, 1.165) is 11.3 Å². The summed E-state index contributed by atoms with van der Waals surface area (Å²) in [6.45, 7) is 6.14. The van der Waals surface area contributed by atoms with Crippen molar-refractivity contribution < 1.29 is 14.3 Å². The van der Waals surface area contributed by atoms with E-state index in [9.17, 15) is 14.4 Å². The fraction of sp³-hybridized carbons (Fsp3) is 0.308. The van der Waals surface area contributed by atoms with E-state index in [1.54, 1.807) is 6.20 Å². The predicted octanol–water partition coefficient (Wildman–Crippen LogP) is 4.00. The number of hydrogen-bond donors (Lipinski definition) is 2. The maximum Gasteiger partial charge on any atom is 0.261 e. The summed E-state index contributed by atoms with van der Waals surface area (Å²) in [7, 11) is 0. The summed E-state index contributed by atoms with van der Waals surface area (Å²) in [5.41, 5.74) is 1.91. The maximum atomic E-state index is 12.9. The van der Waals surface area contributed by atoms with Crippen molar-refractivity contribution >= 4 is 11.7 Å². The highest BCUT2D eigenvalue weighted by Gasteiger charge is 2.32. The standard InChI is InChI=1S/C26H27N3O4/c1-16(17-7-6-9-19(11-17)33-15-18-8-4-5-10-27-18)28-24(31)21-12-20-22(29-25(21)32)13-26(2,3)14-23(20)30/h4-12,16H,13-15H2,1-3H3,(H,28,31)(H,29,32). The number of H-pyrrole nitrogens is 1. The summed E-state index contributed by atoms with van der Waals surface area (Å²) in [5.74, 6) is 0.0698. The molecular weight excluding hydrogens is 418 g/mol. The highest BCUT2D eigenvalue weighted by atomic mass is 16.5. The summed E-state index contributed by atoms with van der Waals surface area (Å²) in [6.07, 6.45) is 2.69. The number of fused-ring (bicyclic) bond motifs is 1. The van der Waals surface area contributed by atoms with Crippen LogP contribution in [0.25, 0.3) is 0 Å². The van der Waals surface area contributed by atoms with Crippen molar-refractivity contribution in [1.29, 1.82) is 0 Å². The first-order valence-electron chi connectivity index (χ1n) is 10.9. The largest absolute Gasteiger partial charge is 0.487 e. The van der Waals surface area contributed by atoms with Gasteiger partial charge in [-0.2, -0.15) is 0 Å². The number of aromatic nitrogens is 2. The Kier molecular flexibility index (Phi) is 6.14. The monoisotopic (exact) mass is 445 g/mol. The van der Waals surface area contributed by atoms with E-state index in [-0.39, 0.29) is 22.8 Å². The Bertz CT molecular complexity index is 1250. The van der Waals surface area contributed by atoms with Crippen molar-refractivity contribution in [2.75, 3.05) is 0 Å². The first kappa shape index (κ1) is 22.5. The third-order valence-corrected chi connectivity index (χ3v) is 5.78. The Balaban J connectivity index is 1.47. The minimum Gasteiger partial charge on any atom is -0.487 e. The summed E-state index contributed by atoms with van der Waals surface area (Å²) in [4.78, 5) is 45.0.